The van der Waals surface area contributed by atoms with Crippen molar-refractivity contribution in [1.29, 1.82) is 0 Å². The first kappa shape index (κ1) is 15.5. The molecule has 1 aliphatic carbocycles. The van der Waals surface area contributed by atoms with Crippen molar-refractivity contribution in [2.75, 3.05) is 19.8 Å². The fraction of sp³-hybridized carbons (Fsp3) is 0.647. The Kier molecular flexibility index (Phi) is 6.02. The predicted molar refractivity (Wildman–Crippen MR) is 79.3 cm³/mol. The minimum absolute atomic E-state index is 0.00293. The van der Waals surface area contributed by atoms with E-state index in [4.69, 9.17) is 4.74 Å². The van der Waals surface area contributed by atoms with Crippen molar-refractivity contribution in [3.63, 3.8) is 0 Å². The largest absolute Gasteiger partial charge is 0.396 e. The van der Waals surface area contributed by atoms with Crippen molar-refractivity contribution in [2.45, 2.75) is 38.7 Å². The summed E-state index contributed by atoms with van der Waals surface area (Å²) in [5.74, 6) is 0.377. The summed E-state index contributed by atoms with van der Waals surface area (Å²) in [7, 11) is 0. The molecule has 20 heavy (non-hydrogen) atoms. The Bertz CT molecular complexity index is 367. The second-order valence-electron chi connectivity index (χ2n) is 5.99. The maximum Gasteiger partial charge on any atom is 0.0717 e. The van der Waals surface area contributed by atoms with E-state index in [1.165, 1.54) is 19.3 Å². The molecule has 0 spiro atoms. The Labute approximate surface area is 121 Å². The molecule has 1 saturated carbocycles. The molecule has 0 unspecified atom stereocenters. The van der Waals surface area contributed by atoms with E-state index in [9.17, 15) is 10.2 Å². The van der Waals surface area contributed by atoms with Crippen molar-refractivity contribution < 1.29 is 14.9 Å². The van der Waals surface area contributed by atoms with Gasteiger partial charge in [-0.15, -0.1) is 0 Å². The highest BCUT2D eigenvalue weighted by Gasteiger charge is 2.38. The molecule has 0 aliphatic heterocycles. The summed E-state index contributed by atoms with van der Waals surface area (Å²) in [4.78, 5) is 0. The topological polar surface area (TPSA) is 49.7 Å². The third kappa shape index (κ3) is 3.81. The second kappa shape index (κ2) is 7.77. The smallest absolute Gasteiger partial charge is 0.0717 e. The maximum atomic E-state index is 9.79. The van der Waals surface area contributed by atoms with Crippen LogP contribution in [0.2, 0.25) is 0 Å². The first-order chi connectivity index (χ1) is 9.80. The minimum atomic E-state index is -0.477. The van der Waals surface area contributed by atoms with Crippen LogP contribution in [0, 0.1) is 11.3 Å². The van der Waals surface area contributed by atoms with Gasteiger partial charge in [-0.1, -0.05) is 49.6 Å². The molecule has 2 N–H and O–H groups in total. The van der Waals surface area contributed by atoms with Gasteiger partial charge in [-0.25, -0.2) is 0 Å². The van der Waals surface area contributed by atoms with Gasteiger partial charge in [0.25, 0.3) is 0 Å². The van der Waals surface area contributed by atoms with E-state index < -0.39 is 5.41 Å². The van der Waals surface area contributed by atoms with Crippen molar-refractivity contribution in [1.82, 2.24) is 0 Å². The lowest BCUT2D eigenvalue weighted by Gasteiger charge is -2.39. The van der Waals surface area contributed by atoms with Crippen LogP contribution in [0.1, 0.15) is 37.7 Å². The highest BCUT2D eigenvalue weighted by atomic mass is 16.5. The molecule has 0 saturated heterocycles. The van der Waals surface area contributed by atoms with Crippen LogP contribution in [-0.4, -0.2) is 30.0 Å². The van der Waals surface area contributed by atoms with Gasteiger partial charge in [0.05, 0.1) is 26.4 Å². The van der Waals surface area contributed by atoms with Gasteiger partial charge in [-0.2, -0.15) is 0 Å². The number of hydrogen-bond acceptors (Lipinski definition) is 3. The van der Waals surface area contributed by atoms with Gasteiger partial charge in [0, 0.05) is 5.41 Å². The van der Waals surface area contributed by atoms with Crippen LogP contribution >= 0.6 is 0 Å². The lowest BCUT2D eigenvalue weighted by Crippen LogP contribution is -2.43. The van der Waals surface area contributed by atoms with Crippen LogP contribution in [0.15, 0.2) is 30.3 Å². The van der Waals surface area contributed by atoms with E-state index in [1.54, 1.807) is 0 Å². The van der Waals surface area contributed by atoms with Gasteiger partial charge in [0.2, 0.25) is 0 Å². The predicted octanol–water partition coefficient (Wildman–Crippen LogP) is 2.75. The second-order valence-corrected chi connectivity index (χ2v) is 5.99. The molecule has 1 aromatic rings. The molecule has 3 nitrogen and oxygen atoms in total. The summed E-state index contributed by atoms with van der Waals surface area (Å²) in [6.07, 6.45) is 5.86. The number of ether oxygens (including phenoxy) is 1. The number of rotatable bonds is 7. The third-order valence-electron chi connectivity index (χ3n) is 4.60. The average molecular weight is 278 g/mol. The normalized spacial score (nSPS) is 17.3. The Balaban J connectivity index is 1.91. The lowest BCUT2D eigenvalue weighted by molar-refractivity contribution is -0.0770. The van der Waals surface area contributed by atoms with Gasteiger partial charge in [0.15, 0.2) is 0 Å². The molecule has 0 amide bonds. The first-order valence-corrected chi connectivity index (χ1v) is 7.64. The van der Waals surface area contributed by atoms with E-state index >= 15 is 0 Å². The standard InChI is InChI=1S/C17H26O3/c18-12-17(13-19,16-9-5-2-6-10-16)14-20-11-15-7-3-1-4-8-15/h1,3-4,7-8,16,18-19H,2,5-6,9-14H2. The summed E-state index contributed by atoms with van der Waals surface area (Å²) in [6, 6.07) is 10.0. The molecule has 1 aromatic carbocycles. The fourth-order valence-electron chi connectivity index (χ4n) is 3.18. The first-order valence-electron chi connectivity index (χ1n) is 7.64. The number of aliphatic hydroxyl groups is 2. The van der Waals surface area contributed by atoms with Crippen molar-refractivity contribution in [2.24, 2.45) is 11.3 Å². The summed E-state index contributed by atoms with van der Waals surface area (Å²) in [5.41, 5.74) is 0.649. The van der Waals surface area contributed by atoms with Crippen LogP contribution in [0.25, 0.3) is 0 Å². The molecule has 1 fully saturated rings. The monoisotopic (exact) mass is 278 g/mol. The van der Waals surface area contributed by atoms with Crippen LogP contribution in [-0.2, 0) is 11.3 Å². The Morgan fingerprint density at radius 2 is 1.65 bits per heavy atom. The zero-order valence-electron chi connectivity index (χ0n) is 12.1. The van der Waals surface area contributed by atoms with Gasteiger partial charge >= 0.3 is 0 Å². The minimum Gasteiger partial charge on any atom is -0.396 e. The number of hydrogen-bond donors (Lipinski definition) is 2. The Hall–Kier alpha value is -0.900. The van der Waals surface area contributed by atoms with Gasteiger partial charge < -0.3 is 14.9 Å². The summed E-state index contributed by atoms with van der Waals surface area (Å²) >= 11 is 0. The average Bonchev–Trinajstić information content (AvgIpc) is 2.54. The van der Waals surface area contributed by atoms with E-state index in [-0.39, 0.29) is 13.2 Å². The Morgan fingerprint density at radius 3 is 2.25 bits per heavy atom. The Morgan fingerprint density at radius 1 is 1.00 bits per heavy atom. The molecule has 0 aromatic heterocycles. The molecule has 112 valence electrons. The number of benzene rings is 1. The quantitative estimate of drug-likeness (QED) is 0.806. The van der Waals surface area contributed by atoms with Crippen LogP contribution in [0.3, 0.4) is 0 Å². The van der Waals surface area contributed by atoms with Crippen molar-refractivity contribution in [3.05, 3.63) is 35.9 Å². The molecular weight excluding hydrogens is 252 g/mol. The lowest BCUT2D eigenvalue weighted by atomic mass is 9.70. The molecule has 0 heterocycles. The van der Waals surface area contributed by atoms with Crippen molar-refractivity contribution >= 4 is 0 Å². The zero-order valence-corrected chi connectivity index (χ0v) is 12.1. The fourth-order valence-corrected chi connectivity index (χ4v) is 3.18. The molecular formula is C17H26O3. The van der Waals surface area contributed by atoms with Gasteiger partial charge in [-0.3, -0.25) is 0 Å². The maximum absolute atomic E-state index is 9.79. The molecule has 0 bridgehead atoms. The van der Waals surface area contributed by atoms with E-state index in [0.29, 0.717) is 19.1 Å². The summed E-state index contributed by atoms with van der Waals surface area (Å²) in [6.45, 7) is 0.973. The summed E-state index contributed by atoms with van der Waals surface area (Å²) < 4.78 is 5.80. The van der Waals surface area contributed by atoms with Crippen LogP contribution in [0.5, 0.6) is 0 Å². The highest BCUT2D eigenvalue weighted by molar-refractivity contribution is 5.13. The molecule has 1 aliphatic rings. The van der Waals surface area contributed by atoms with Crippen LogP contribution < -0.4 is 0 Å². The zero-order chi connectivity index (χ0) is 14.3. The van der Waals surface area contributed by atoms with Crippen LogP contribution in [0.4, 0.5) is 0 Å². The van der Waals surface area contributed by atoms with E-state index in [2.05, 4.69) is 0 Å². The van der Waals surface area contributed by atoms with Gasteiger partial charge in [-0.05, 0) is 24.3 Å². The summed E-state index contributed by atoms with van der Waals surface area (Å²) in [5, 5.41) is 19.6. The number of aliphatic hydroxyl groups excluding tert-OH is 2. The van der Waals surface area contributed by atoms with Gasteiger partial charge in [0.1, 0.15) is 0 Å². The van der Waals surface area contributed by atoms with E-state index in [0.717, 1.165) is 18.4 Å². The third-order valence-corrected chi connectivity index (χ3v) is 4.60. The molecule has 2 rings (SSSR count). The molecule has 0 radical (unpaired) electrons. The van der Waals surface area contributed by atoms with E-state index in [1.807, 2.05) is 30.3 Å². The highest BCUT2D eigenvalue weighted by Crippen LogP contribution is 2.38. The molecule has 3 heteroatoms. The van der Waals surface area contributed by atoms with Crippen molar-refractivity contribution in [3.8, 4) is 0 Å². The molecule has 0 atom stereocenters. The SMILES string of the molecule is OCC(CO)(COCc1ccccc1)C1CCCCC1.